The molecule has 1 aromatic rings. The average molecular weight is 398 g/mol. The molecule has 0 bridgehead atoms. The number of rotatable bonds is 4. The predicted molar refractivity (Wildman–Crippen MR) is 93.3 cm³/mol. The van der Waals surface area contributed by atoms with Gasteiger partial charge in [0.25, 0.3) is 5.91 Å². The second-order valence-corrected chi connectivity index (χ2v) is 6.89. The average Bonchev–Trinajstić information content (AvgIpc) is 2.95. The summed E-state index contributed by atoms with van der Waals surface area (Å²) in [6.07, 6.45) is -3.64. The molecule has 0 saturated carbocycles. The number of benzene rings is 1. The highest BCUT2D eigenvalue weighted by molar-refractivity contribution is 6.22. The van der Waals surface area contributed by atoms with E-state index in [1.54, 1.807) is 11.8 Å². The van der Waals surface area contributed by atoms with Crippen molar-refractivity contribution in [3.05, 3.63) is 29.8 Å². The second kappa shape index (κ2) is 7.90. The molecule has 0 aromatic heterocycles. The van der Waals surface area contributed by atoms with E-state index in [-0.39, 0.29) is 25.5 Å². The first-order chi connectivity index (χ1) is 13.2. The Morgan fingerprint density at radius 2 is 1.96 bits per heavy atom. The number of nitrogens with zero attached hydrogens (tertiary/aromatic N) is 2. The standard InChI is InChI=1S/C19H21F3N2O4/c1-2-28-18(27)12-6-5-9-23(11-12)15-10-16(25)24(17(15)26)14-8-4-3-7-13(14)19(20,21)22/h3-4,7-8,12,15H,2,5-6,9-11H2,1H3/t12-,15-/m1/s1. The van der Waals surface area contributed by atoms with Crippen LogP contribution in [0.1, 0.15) is 31.7 Å². The molecule has 3 rings (SSSR count). The van der Waals surface area contributed by atoms with Crippen LogP contribution in [0.2, 0.25) is 0 Å². The van der Waals surface area contributed by atoms with Crippen molar-refractivity contribution in [3.8, 4) is 0 Å². The number of para-hydroxylation sites is 1. The third-order valence-corrected chi connectivity index (χ3v) is 5.09. The van der Waals surface area contributed by atoms with E-state index < -0.39 is 41.2 Å². The lowest BCUT2D eigenvalue weighted by Crippen LogP contribution is -2.48. The van der Waals surface area contributed by atoms with Crippen molar-refractivity contribution in [1.82, 2.24) is 4.90 Å². The monoisotopic (exact) mass is 398 g/mol. The molecule has 2 amide bonds. The van der Waals surface area contributed by atoms with E-state index in [0.717, 1.165) is 12.1 Å². The van der Waals surface area contributed by atoms with Gasteiger partial charge >= 0.3 is 12.1 Å². The summed E-state index contributed by atoms with van der Waals surface area (Å²) in [6, 6.07) is 3.67. The fourth-order valence-corrected chi connectivity index (χ4v) is 3.80. The zero-order valence-corrected chi connectivity index (χ0v) is 15.4. The van der Waals surface area contributed by atoms with Gasteiger partial charge in [-0.05, 0) is 38.4 Å². The van der Waals surface area contributed by atoms with Crippen molar-refractivity contribution in [3.63, 3.8) is 0 Å². The number of carbonyl (C=O) groups is 3. The molecular weight excluding hydrogens is 377 g/mol. The van der Waals surface area contributed by atoms with E-state index >= 15 is 0 Å². The summed E-state index contributed by atoms with van der Waals surface area (Å²) in [5, 5.41) is 0. The van der Waals surface area contributed by atoms with Crippen LogP contribution in [0.3, 0.4) is 0 Å². The van der Waals surface area contributed by atoms with Crippen LogP contribution < -0.4 is 4.90 Å². The van der Waals surface area contributed by atoms with Gasteiger partial charge in [-0.2, -0.15) is 13.2 Å². The number of amides is 2. The predicted octanol–water partition coefficient (Wildman–Crippen LogP) is 2.61. The maximum atomic E-state index is 13.3. The number of hydrogen-bond acceptors (Lipinski definition) is 5. The van der Waals surface area contributed by atoms with Gasteiger partial charge in [0.2, 0.25) is 5.91 Å². The van der Waals surface area contributed by atoms with Crippen LogP contribution in [0.25, 0.3) is 0 Å². The number of likely N-dealkylation sites (tertiary alicyclic amines) is 1. The Hall–Kier alpha value is -2.42. The summed E-state index contributed by atoms with van der Waals surface area (Å²) in [7, 11) is 0. The molecule has 2 aliphatic rings. The van der Waals surface area contributed by atoms with E-state index in [1.165, 1.54) is 12.1 Å². The third-order valence-electron chi connectivity index (χ3n) is 5.09. The summed E-state index contributed by atoms with van der Waals surface area (Å²) in [5.74, 6) is -2.13. The van der Waals surface area contributed by atoms with Crippen LogP contribution >= 0.6 is 0 Å². The number of piperidine rings is 1. The minimum atomic E-state index is -4.69. The Labute approximate surface area is 160 Å². The first-order valence-corrected chi connectivity index (χ1v) is 9.17. The lowest BCUT2D eigenvalue weighted by atomic mass is 9.96. The maximum Gasteiger partial charge on any atom is 0.418 e. The van der Waals surface area contributed by atoms with E-state index in [9.17, 15) is 27.6 Å². The van der Waals surface area contributed by atoms with Crippen LogP contribution in [0.4, 0.5) is 18.9 Å². The van der Waals surface area contributed by atoms with E-state index in [1.807, 2.05) is 0 Å². The molecule has 2 atom stereocenters. The van der Waals surface area contributed by atoms with Gasteiger partial charge in [-0.15, -0.1) is 0 Å². The molecule has 2 heterocycles. The lowest BCUT2D eigenvalue weighted by molar-refractivity contribution is -0.150. The van der Waals surface area contributed by atoms with Gasteiger partial charge < -0.3 is 4.74 Å². The van der Waals surface area contributed by atoms with Crippen LogP contribution in [0.5, 0.6) is 0 Å². The fourth-order valence-electron chi connectivity index (χ4n) is 3.80. The SMILES string of the molecule is CCOC(=O)[C@@H]1CCCN([C@@H]2CC(=O)N(c3ccccc3C(F)(F)F)C2=O)C1. The first kappa shape index (κ1) is 20.3. The third kappa shape index (κ3) is 3.89. The molecule has 2 saturated heterocycles. The van der Waals surface area contributed by atoms with Crippen molar-refractivity contribution in [2.45, 2.75) is 38.4 Å². The highest BCUT2D eigenvalue weighted by Crippen LogP contribution is 2.39. The van der Waals surface area contributed by atoms with E-state index in [4.69, 9.17) is 4.74 Å². The van der Waals surface area contributed by atoms with Gasteiger partial charge in [0.1, 0.15) is 0 Å². The van der Waals surface area contributed by atoms with Crippen LogP contribution in [0, 0.1) is 5.92 Å². The summed E-state index contributed by atoms with van der Waals surface area (Å²) < 4.78 is 45.0. The molecule has 2 aliphatic heterocycles. The summed E-state index contributed by atoms with van der Waals surface area (Å²) in [6.45, 7) is 2.69. The number of ether oxygens (including phenoxy) is 1. The number of anilines is 1. The van der Waals surface area contributed by atoms with Gasteiger partial charge in [0.05, 0.1) is 36.2 Å². The Balaban J connectivity index is 1.82. The minimum Gasteiger partial charge on any atom is -0.466 e. The second-order valence-electron chi connectivity index (χ2n) is 6.89. The molecule has 0 unspecified atom stereocenters. The normalized spacial score (nSPS) is 23.9. The highest BCUT2D eigenvalue weighted by atomic mass is 19.4. The molecule has 0 spiro atoms. The number of halogens is 3. The Morgan fingerprint density at radius 1 is 1.25 bits per heavy atom. The molecular formula is C19H21F3N2O4. The number of carbonyl (C=O) groups excluding carboxylic acids is 3. The molecule has 28 heavy (non-hydrogen) atoms. The molecule has 0 aliphatic carbocycles. The van der Waals surface area contributed by atoms with Crippen molar-refractivity contribution in [2.75, 3.05) is 24.6 Å². The Kier molecular flexibility index (Phi) is 5.74. The lowest BCUT2D eigenvalue weighted by Gasteiger charge is -2.34. The quantitative estimate of drug-likeness (QED) is 0.576. The van der Waals surface area contributed by atoms with Gasteiger partial charge in [-0.3, -0.25) is 19.3 Å². The van der Waals surface area contributed by atoms with E-state index in [0.29, 0.717) is 24.3 Å². The van der Waals surface area contributed by atoms with Crippen molar-refractivity contribution in [1.29, 1.82) is 0 Å². The van der Waals surface area contributed by atoms with Gasteiger partial charge in [0.15, 0.2) is 0 Å². The van der Waals surface area contributed by atoms with Gasteiger partial charge in [-0.1, -0.05) is 12.1 Å². The summed E-state index contributed by atoms with van der Waals surface area (Å²) in [4.78, 5) is 39.7. The first-order valence-electron chi connectivity index (χ1n) is 9.17. The number of imide groups is 1. The maximum absolute atomic E-state index is 13.3. The molecule has 1 aromatic carbocycles. The topological polar surface area (TPSA) is 66.9 Å². The zero-order valence-electron chi connectivity index (χ0n) is 15.4. The van der Waals surface area contributed by atoms with Crippen LogP contribution in [-0.4, -0.2) is 48.4 Å². The fraction of sp³-hybridized carbons (Fsp3) is 0.526. The molecule has 0 N–H and O–H groups in total. The molecule has 6 nitrogen and oxygen atoms in total. The Bertz CT molecular complexity index is 781. The van der Waals surface area contributed by atoms with E-state index in [2.05, 4.69) is 0 Å². The van der Waals surface area contributed by atoms with Crippen molar-refractivity contribution < 1.29 is 32.3 Å². The largest absolute Gasteiger partial charge is 0.466 e. The summed E-state index contributed by atoms with van der Waals surface area (Å²) >= 11 is 0. The summed E-state index contributed by atoms with van der Waals surface area (Å²) in [5.41, 5.74) is -1.48. The van der Waals surface area contributed by atoms with Gasteiger partial charge in [-0.25, -0.2) is 4.90 Å². The molecule has 2 fully saturated rings. The number of esters is 1. The van der Waals surface area contributed by atoms with Crippen LogP contribution in [0.15, 0.2) is 24.3 Å². The highest BCUT2D eigenvalue weighted by Gasteiger charge is 2.47. The molecule has 9 heteroatoms. The van der Waals surface area contributed by atoms with Crippen molar-refractivity contribution >= 4 is 23.5 Å². The smallest absolute Gasteiger partial charge is 0.418 e. The number of alkyl halides is 3. The van der Waals surface area contributed by atoms with Crippen LogP contribution in [-0.2, 0) is 25.3 Å². The molecule has 0 radical (unpaired) electrons. The zero-order chi connectivity index (χ0) is 20.5. The van der Waals surface area contributed by atoms with Gasteiger partial charge in [0, 0.05) is 6.54 Å². The molecule has 152 valence electrons. The number of hydrogen-bond donors (Lipinski definition) is 0. The Morgan fingerprint density at radius 3 is 2.64 bits per heavy atom. The minimum absolute atomic E-state index is 0.208. The van der Waals surface area contributed by atoms with Crippen molar-refractivity contribution in [2.24, 2.45) is 5.92 Å².